The molecule has 0 spiro atoms. The van der Waals surface area contributed by atoms with Crippen molar-refractivity contribution in [2.24, 2.45) is 0 Å². The second-order valence-corrected chi connectivity index (χ2v) is 7.87. The van der Waals surface area contributed by atoms with E-state index in [4.69, 9.17) is 9.47 Å². The van der Waals surface area contributed by atoms with Gasteiger partial charge >= 0.3 is 11.9 Å². The number of carbonyl (C=O) groups excluding carboxylic acids is 3. The normalized spacial score (nSPS) is 11.2. The van der Waals surface area contributed by atoms with Crippen molar-refractivity contribution in [2.75, 3.05) is 13.2 Å². The third kappa shape index (κ3) is 5.07. The Morgan fingerprint density at radius 1 is 0.929 bits per heavy atom. The van der Waals surface area contributed by atoms with E-state index in [1.54, 1.807) is 30.3 Å². The second-order valence-electron chi connectivity index (χ2n) is 5.78. The molecule has 0 aliphatic rings. The van der Waals surface area contributed by atoms with E-state index in [0.717, 1.165) is 0 Å². The molecule has 1 heterocycles. The lowest BCUT2D eigenvalue weighted by Crippen LogP contribution is -2.41. The molecule has 0 radical (unpaired) electrons. The number of hydrogen-bond donors (Lipinski definition) is 1. The molecule has 0 saturated heterocycles. The summed E-state index contributed by atoms with van der Waals surface area (Å²) in [6.07, 6.45) is 0. The molecule has 0 amide bonds. The van der Waals surface area contributed by atoms with E-state index >= 15 is 0 Å². The molecule has 1 N–H and O–H groups in total. The number of sulfone groups is 1. The monoisotopic (exact) mass is 407 g/mol. The molecule has 1 aromatic carbocycles. The smallest absolute Gasteiger partial charge is 0.336 e. The van der Waals surface area contributed by atoms with Crippen LogP contribution in [0.5, 0.6) is 0 Å². The molecule has 0 atom stereocenters. The van der Waals surface area contributed by atoms with Crippen LogP contribution in [0, 0.1) is 0 Å². The highest BCUT2D eigenvalue weighted by Gasteiger charge is 2.42. The zero-order valence-corrected chi connectivity index (χ0v) is 16.3. The molecule has 0 fully saturated rings. The molecule has 150 valence electrons. The molecule has 0 aliphatic carbocycles. The van der Waals surface area contributed by atoms with Gasteiger partial charge in [0.2, 0.25) is 5.78 Å². The molecule has 0 unspecified atom stereocenters. The van der Waals surface area contributed by atoms with Crippen LogP contribution in [-0.4, -0.2) is 49.6 Å². The highest BCUT2D eigenvalue weighted by molar-refractivity contribution is 7.92. The van der Waals surface area contributed by atoms with Gasteiger partial charge in [-0.1, -0.05) is 30.3 Å². The van der Waals surface area contributed by atoms with E-state index in [0.29, 0.717) is 5.56 Å². The van der Waals surface area contributed by atoms with Crippen molar-refractivity contribution in [1.29, 1.82) is 0 Å². The van der Waals surface area contributed by atoms with Gasteiger partial charge in [0, 0.05) is 11.3 Å². The topological polar surface area (TPSA) is 120 Å². The van der Waals surface area contributed by atoms with Gasteiger partial charge < -0.3 is 14.5 Å². The van der Waals surface area contributed by atoms with Crippen molar-refractivity contribution in [3.63, 3.8) is 0 Å². The Labute approximate surface area is 162 Å². The quantitative estimate of drug-likeness (QED) is 0.381. The van der Waals surface area contributed by atoms with Crippen LogP contribution in [-0.2, 0) is 34.7 Å². The first-order chi connectivity index (χ1) is 13.3. The minimum atomic E-state index is -4.29. The van der Waals surface area contributed by atoms with Crippen molar-refractivity contribution >= 4 is 27.6 Å². The second kappa shape index (κ2) is 9.32. The molecular weight excluding hydrogens is 386 g/mol. The van der Waals surface area contributed by atoms with Gasteiger partial charge in [0.15, 0.2) is 9.84 Å². The average molecular weight is 407 g/mol. The fourth-order valence-electron chi connectivity index (χ4n) is 2.53. The first kappa shape index (κ1) is 21.4. The minimum absolute atomic E-state index is 0.0809. The van der Waals surface area contributed by atoms with Gasteiger partial charge in [0.1, 0.15) is 0 Å². The van der Waals surface area contributed by atoms with E-state index in [1.807, 2.05) is 0 Å². The van der Waals surface area contributed by atoms with Crippen LogP contribution in [0.3, 0.4) is 0 Å². The number of H-pyrrole nitrogens is 1. The van der Waals surface area contributed by atoms with Crippen molar-refractivity contribution in [1.82, 2.24) is 4.98 Å². The Morgan fingerprint density at radius 3 is 2.04 bits per heavy atom. The number of carbonyl (C=O) groups is 3. The molecule has 0 bridgehead atoms. The Kier molecular flexibility index (Phi) is 7.11. The Morgan fingerprint density at radius 2 is 1.50 bits per heavy atom. The zero-order valence-electron chi connectivity index (χ0n) is 15.5. The van der Waals surface area contributed by atoms with Crippen molar-refractivity contribution in [3.05, 3.63) is 59.4 Å². The summed E-state index contributed by atoms with van der Waals surface area (Å²) < 4.78 is 34.8. The van der Waals surface area contributed by atoms with Crippen LogP contribution >= 0.6 is 0 Å². The van der Waals surface area contributed by atoms with Crippen LogP contribution in [0.1, 0.15) is 35.6 Å². The van der Waals surface area contributed by atoms with Crippen molar-refractivity contribution < 1.29 is 32.3 Å². The molecular formula is C19H21NO7S. The maximum absolute atomic E-state index is 12.7. The number of aromatic amines is 1. The molecule has 2 aromatic rings. The van der Waals surface area contributed by atoms with Crippen LogP contribution in [0.25, 0.3) is 0 Å². The number of aromatic nitrogens is 1. The minimum Gasteiger partial charge on any atom is -0.465 e. The molecule has 28 heavy (non-hydrogen) atoms. The summed E-state index contributed by atoms with van der Waals surface area (Å²) in [5.41, 5.74) is 0.799. The highest BCUT2D eigenvalue weighted by Crippen LogP contribution is 2.16. The molecule has 0 aliphatic heterocycles. The van der Waals surface area contributed by atoms with Gasteiger partial charge in [-0.25, -0.2) is 8.42 Å². The highest BCUT2D eigenvalue weighted by atomic mass is 32.2. The fraction of sp³-hybridized carbons (Fsp3) is 0.316. The molecule has 1 aromatic heterocycles. The number of esters is 2. The van der Waals surface area contributed by atoms with Crippen LogP contribution in [0.4, 0.5) is 0 Å². The molecule has 2 rings (SSSR count). The SMILES string of the molecule is CCOC(=O)C(C(=O)OCC)S(=O)(=O)Cc1ccc(C(=O)c2ccccc2)[nH]1. The van der Waals surface area contributed by atoms with Crippen LogP contribution in [0.2, 0.25) is 0 Å². The van der Waals surface area contributed by atoms with Gasteiger partial charge in [-0.3, -0.25) is 14.4 Å². The van der Waals surface area contributed by atoms with Crippen LogP contribution < -0.4 is 0 Å². The van der Waals surface area contributed by atoms with Gasteiger partial charge in [0.25, 0.3) is 5.25 Å². The lowest BCUT2D eigenvalue weighted by Gasteiger charge is -2.14. The molecule has 0 saturated carbocycles. The van der Waals surface area contributed by atoms with Gasteiger partial charge in [0.05, 0.1) is 24.7 Å². The van der Waals surface area contributed by atoms with E-state index < -0.39 is 32.8 Å². The predicted octanol–water partition coefficient (Wildman–Crippen LogP) is 1.66. The number of nitrogens with one attached hydrogen (secondary N) is 1. The summed E-state index contributed by atoms with van der Waals surface area (Å²) in [4.78, 5) is 39.2. The lowest BCUT2D eigenvalue weighted by atomic mass is 10.1. The summed E-state index contributed by atoms with van der Waals surface area (Å²) in [6.45, 7) is 2.84. The summed E-state index contributed by atoms with van der Waals surface area (Å²) in [5, 5.41) is -2.08. The molecule has 8 nitrogen and oxygen atoms in total. The number of ketones is 1. The third-order valence-corrected chi connectivity index (χ3v) is 5.56. The number of hydrogen-bond acceptors (Lipinski definition) is 7. The fourth-order valence-corrected chi connectivity index (χ4v) is 4.02. The van der Waals surface area contributed by atoms with Gasteiger partial charge in [-0.15, -0.1) is 0 Å². The van der Waals surface area contributed by atoms with E-state index in [2.05, 4.69) is 4.98 Å². The largest absolute Gasteiger partial charge is 0.465 e. The maximum Gasteiger partial charge on any atom is 0.336 e. The van der Waals surface area contributed by atoms with Crippen LogP contribution in [0.15, 0.2) is 42.5 Å². The van der Waals surface area contributed by atoms with E-state index in [1.165, 1.54) is 26.0 Å². The molecule has 9 heteroatoms. The number of benzene rings is 1. The number of rotatable bonds is 9. The van der Waals surface area contributed by atoms with Gasteiger partial charge in [-0.05, 0) is 26.0 Å². The maximum atomic E-state index is 12.7. The van der Waals surface area contributed by atoms with E-state index in [-0.39, 0.29) is 30.4 Å². The van der Waals surface area contributed by atoms with E-state index in [9.17, 15) is 22.8 Å². The Hall–Kier alpha value is -2.94. The average Bonchev–Trinajstić information content (AvgIpc) is 3.09. The van der Waals surface area contributed by atoms with Crippen molar-refractivity contribution in [2.45, 2.75) is 24.9 Å². The Balaban J connectivity index is 2.24. The predicted molar refractivity (Wildman–Crippen MR) is 100 cm³/mol. The lowest BCUT2D eigenvalue weighted by molar-refractivity contribution is -0.153. The standard InChI is InChI=1S/C19H21NO7S/c1-3-26-18(22)17(19(23)27-4-2)28(24,25)12-14-10-11-15(20-14)16(21)13-8-6-5-7-9-13/h5-11,17,20H,3-4,12H2,1-2H3. The zero-order chi connectivity index (χ0) is 20.7. The summed E-state index contributed by atoms with van der Waals surface area (Å²) in [6, 6.07) is 11.3. The Bertz CT molecular complexity index is 930. The van der Waals surface area contributed by atoms with Gasteiger partial charge in [-0.2, -0.15) is 0 Å². The number of ether oxygens (including phenoxy) is 2. The third-order valence-electron chi connectivity index (χ3n) is 3.74. The summed E-state index contributed by atoms with van der Waals surface area (Å²) in [5.74, 6) is -3.34. The van der Waals surface area contributed by atoms with Crippen molar-refractivity contribution in [3.8, 4) is 0 Å². The first-order valence-corrected chi connectivity index (χ1v) is 10.3. The first-order valence-electron chi connectivity index (χ1n) is 8.62. The summed E-state index contributed by atoms with van der Waals surface area (Å²) >= 11 is 0. The summed E-state index contributed by atoms with van der Waals surface area (Å²) in [7, 11) is -4.29.